The number of benzene rings is 1. The summed E-state index contributed by atoms with van der Waals surface area (Å²) in [6.07, 6.45) is 1.47. The van der Waals surface area contributed by atoms with Gasteiger partial charge in [0.15, 0.2) is 5.65 Å². The molecule has 1 fully saturated rings. The van der Waals surface area contributed by atoms with Gasteiger partial charge in [0, 0.05) is 25.0 Å². The van der Waals surface area contributed by atoms with E-state index in [1.54, 1.807) is 0 Å². The Morgan fingerprint density at radius 2 is 2.00 bits per heavy atom. The van der Waals surface area contributed by atoms with Crippen molar-refractivity contribution in [3.05, 3.63) is 52.2 Å². The average molecular weight is 342 g/mol. The predicted molar refractivity (Wildman–Crippen MR) is 93.3 cm³/mol. The molecule has 0 unspecified atom stereocenters. The first-order valence-electron chi connectivity index (χ1n) is 8.13. The Morgan fingerprint density at radius 1 is 1.24 bits per heavy atom. The zero-order chi connectivity index (χ0) is 17.6. The fourth-order valence-corrected chi connectivity index (χ4v) is 3.50. The minimum Gasteiger partial charge on any atom is -0.340 e. The second kappa shape index (κ2) is 5.96. The van der Waals surface area contributed by atoms with Crippen molar-refractivity contribution in [2.24, 2.45) is 0 Å². The number of anilines is 1. The summed E-state index contributed by atoms with van der Waals surface area (Å²) in [4.78, 5) is 23.7. The number of hydrogen-bond acceptors (Lipinski definition) is 5. The van der Waals surface area contributed by atoms with Crippen LogP contribution in [0.25, 0.3) is 11.0 Å². The van der Waals surface area contributed by atoms with E-state index < -0.39 is 0 Å². The number of halogens is 1. The Kier molecular flexibility index (Phi) is 3.76. The van der Waals surface area contributed by atoms with Gasteiger partial charge in [0.05, 0.1) is 6.20 Å². The molecule has 7 nitrogen and oxygen atoms in total. The van der Waals surface area contributed by atoms with E-state index in [0.717, 1.165) is 12.1 Å². The minimum absolute atomic E-state index is 0.193. The summed E-state index contributed by atoms with van der Waals surface area (Å²) in [6, 6.07) is 6.86. The van der Waals surface area contributed by atoms with Crippen LogP contribution in [-0.2, 0) is 0 Å². The lowest BCUT2D eigenvalue weighted by atomic mass is 9.94. The van der Waals surface area contributed by atoms with E-state index in [1.807, 2.05) is 26.2 Å². The standard InChI is InChI=1S/C17H19FN6O/c1-23(2)14-9-24(8-13(14)10-3-5-11(18)6-4-10)17-20-15-12(7-19-22-15)16(25)21-17/h3-7,13-14H,8-9H2,1-2H3,(H2,19,20,21,22,25)/t13-,14+/m1/s1. The molecule has 0 spiro atoms. The molecule has 0 saturated carbocycles. The Morgan fingerprint density at radius 3 is 2.72 bits per heavy atom. The molecule has 25 heavy (non-hydrogen) atoms. The van der Waals surface area contributed by atoms with Crippen molar-refractivity contribution < 1.29 is 4.39 Å². The van der Waals surface area contributed by atoms with E-state index in [2.05, 4.69) is 30.0 Å². The maximum absolute atomic E-state index is 13.3. The van der Waals surface area contributed by atoms with Gasteiger partial charge < -0.3 is 9.80 Å². The number of aromatic amines is 2. The molecule has 130 valence electrons. The molecule has 0 amide bonds. The van der Waals surface area contributed by atoms with Gasteiger partial charge in [0.2, 0.25) is 5.95 Å². The summed E-state index contributed by atoms with van der Waals surface area (Å²) in [6.45, 7) is 1.41. The van der Waals surface area contributed by atoms with Crippen LogP contribution in [0.1, 0.15) is 11.5 Å². The lowest BCUT2D eigenvalue weighted by Gasteiger charge is -2.25. The molecule has 3 heterocycles. The van der Waals surface area contributed by atoms with Gasteiger partial charge in [-0.1, -0.05) is 12.1 Å². The third-order valence-electron chi connectivity index (χ3n) is 4.86. The van der Waals surface area contributed by atoms with Crippen LogP contribution in [0.5, 0.6) is 0 Å². The zero-order valence-electron chi connectivity index (χ0n) is 14.0. The summed E-state index contributed by atoms with van der Waals surface area (Å²) in [5.74, 6) is 0.479. The van der Waals surface area contributed by atoms with Crippen molar-refractivity contribution in [1.29, 1.82) is 0 Å². The number of H-pyrrole nitrogens is 2. The Balaban J connectivity index is 1.69. The van der Waals surface area contributed by atoms with Crippen molar-refractivity contribution in [3.8, 4) is 0 Å². The highest BCUT2D eigenvalue weighted by Crippen LogP contribution is 2.32. The SMILES string of the molecule is CN(C)[C@H]1CN(c2nc3[nH]ncc3c(=O)[nH]2)C[C@@H]1c1ccc(F)cc1. The third kappa shape index (κ3) is 2.78. The molecule has 0 aliphatic carbocycles. The van der Waals surface area contributed by atoms with Crippen molar-refractivity contribution >= 4 is 17.0 Å². The van der Waals surface area contributed by atoms with Crippen LogP contribution in [0.15, 0.2) is 35.3 Å². The fraction of sp³-hybridized carbons (Fsp3) is 0.353. The van der Waals surface area contributed by atoms with Gasteiger partial charge in [-0.15, -0.1) is 0 Å². The maximum Gasteiger partial charge on any atom is 0.263 e. The van der Waals surface area contributed by atoms with E-state index >= 15 is 0 Å². The Hall–Kier alpha value is -2.74. The fourth-order valence-electron chi connectivity index (χ4n) is 3.50. The van der Waals surface area contributed by atoms with Gasteiger partial charge in [0.1, 0.15) is 11.2 Å². The molecule has 4 rings (SSSR count). The van der Waals surface area contributed by atoms with Crippen LogP contribution >= 0.6 is 0 Å². The minimum atomic E-state index is -0.240. The quantitative estimate of drug-likeness (QED) is 0.750. The van der Waals surface area contributed by atoms with Gasteiger partial charge in [-0.25, -0.2) is 4.39 Å². The summed E-state index contributed by atoms with van der Waals surface area (Å²) in [5.41, 5.74) is 1.35. The third-order valence-corrected chi connectivity index (χ3v) is 4.86. The highest BCUT2D eigenvalue weighted by atomic mass is 19.1. The molecule has 1 aromatic carbocycles. The van der Waals surface area contributed by atoms with Crippen molar-refractivity contribution in [2.75, 3.05) is 32.1 Å². The molecule has 2 N–H and O–H groups in total. The van der Waals surface area contributed by atoms with Gasteiger partial charge >= 0.3 is 0 Å². The average Bonchev–Trinajstić information content (AvgIpc) is 3.22. The summed E-state index contributed by atoms with van der Waals surface area (Å²) in [5, 5.41) is 7.07. The lowest BCUT2D eigenvalue weighted by molar-refractivity contribution is 0.292. The van der Waals surface area contributed by atoms with E-state index in [-0.39, 0.29) is 23.3 Å². The van der Waals surface area contributed by atoms with Crippen LogP contribution in [0.4, 0.5) is 10.3 Å². The number of nitrogens with one attached hydrogen (secondary N) is 2. The van der Waals surface area contributed by atoms with E-state index in [0.29, 0.717) is 23.5 Å². The van der Waals surface area contributed by atoms with Crippen LogP contribution in [-0.4, -0.2) is 58.3 Å². The molecule has 1 aliphatic rings. The van der Waals surface area contributed by atoms with Crippen molar-refractivity contribution in [3.63, 3.8) is 0 Å². The summed E-state index contributed by atoms with van der Waals surface area (Å²) in [7, 11) is 4.05. The normalized spacial score (nSPS) is 20.7. The first-order chi connectivity index (χ1) is 12.0. The molecule has 0 radical (unpaired) electrons. The smallest absolute Gasteiger partial charge is 0.263 e. The number of nitrogens with zero attached hydrogens (tertiary/aromatic N) is 4. The van der Waals surface area contributed by atoms with Gasteiger partial charge in [-0.05, 0) is 31.8 Å². The van der Waals surface area contributed by atoms with E-state index in [4.69, 9.17) is 0 Å². The monoisotopic (exact) mass is 342 g/mol. The number of likely N-dealkylation sites (N-methyl/N-ethyl adjacent to an activating group) is 1. The zero-order valence-corrected chi connectivity index (χ0v) is 14.0. The van der Waals surface area contributed by atoms with Gasteiger partial charge in [-0.3, -0.25) is 14.9 Å². The lowest BCUT2D eigenvalue weighted by Crippen LogP contribution is -2.35. The molecule has 2 atom stereocenters. The predicted octanol–water partition coefficient (Wildman–Crippen LogP) is 1.32. The summed E-state index contributed by atoms with van der Waals surface area (Å²) < 4.78 is 13.3. The number of fused-ring (bicyclic) bond motifs is 1. The topological polar surface area (TPSA) is 80.9 Å². The molecule has 2 aromatic heterocycles. The molecule has 3 aromatic rings. The number of hydrogen-bond donors (Lipinski definition) is 2. The summed E-state index contributed by atoms with van der Waals surface area (Å²) >= 11 is 0. The van der Waals surface area contributed by atoms with E-state index in [1.165, 1.54) is 18.3 Å². The number of rotatable bonds is 3. The highest BCUT2D eigenvalue weighted by Gasteiger charge is 2.36. The van der Waals surface area contributed by atoms with Crippen molar-refractivity contribution in [1.82, 2.24) is 25.1 Å². The second-order valence-electron chi connectivity index (χ2n) is 6.62. The highest BCUT2D eigenvalue weighted by molar-refractivity contribution is 5.73. The van der Waals surface area contributed by atoms with E-state index in [9.17, 15) is 9.18 Å². The van der Waals surface area contributed by atoms with Gasteiger partial charge in [0.25, 0.3) is 5.56 Å². The van der Waals surface area contributed by atoms with Crippen LogP contribution in [0.2, 0.25) is 0 Å². The molecule has 0 bridgehead atoms. The molecule has 8 heteroatoms. The van der Waals surface area contributed by atoms with Crippen LogP contribution < -0.4 is 10.5 Å². The maximum atomic E-state index is 13.3. The van der Waals surface area contributed by atoms with Gasteiger partial charge in [-0.2, -0.15) is 10.1 Å². The van der Waals surface area contributed by atoms with Crippen LogP contribution in [0, 0.1) is 5.82 Å². The number of aromatic nitrogens is 4. The molecular weight excluding hydrogens is 323 g/mol. The largest absolute Gasteiger partial charge is 0.340 e. The first-order valence-corrected chi connectivity index (χ1v) is 8.13. The molecular formula is C17H19FN6O. The first kappa shape index (κ1) is 15.8. The molecule has 1 saturated heterocycles. The van der Waals surface area contributed by atoms with Crippen LogP contribution in [0.3, 0.4) is 0 Å². The Bertz CT molecular complexity index is 948. The Labute approximate surface area is 143 Å². The second-order valence-corrected chi connectivity index (χ2v) is 6.62. The van der Waals surface area contributed by atoms with Crippen molar-refractivity contribution in [2.45, 2.75) is 12.0 Å². The molecule has 1 aliphatic heterocycles.